The van der Waals surface area contributed by atoms with Crippen molar-refractivity contribution in [1.82, 2.24) is 5.01 Å². The second-order valence-electron chi connectivity index (χ2n) is 5.20. The normalized spacial score (nSPS) is 11.4. The summed E-state index contributed by atoms with van der Waals surface area (Å²) in [5.41, 5.74) is 2.95. The molecule has 0 aliphatic carbocycles. The molecule has 2 N–H and O–H groups in total. The van der Waals surface area contributed by atoms with Gasteiger partial charge in [-0.25, -0.2) is 5.84 Å². The summed E-state index contributed by atoms with van der Waals surface area (Å²) in [5.74, 6) is 5.29. The standard InChI is InChI=1S/C13H20N2O/c1-9-8-10(13(2,3)4)6-7-11(9)12(16)15(5)14/h6-8H,14H2,1-5H3. The fraction of sp³-hybridized carbons (Fsp3) is 0.462. The van der Waals surface area contributed by atoms with Crippen molar-refractivity contribution in [3.8, 4) is 0 Å². The zero-order valence-corrected chi connectivity index (χ0v) is 10.7. The molecule has 0 saturated carbocycles. The van der Waals surface area contributed by atoms with Crippen LogP contribution in [0.2, 0.25) is 0 Å². The number of carbonyl (C=O) groups excluding carboxylic acids is 1. The van der Waals surface area contributed by atoms with Gasteiger partial charge in [0.2, 0.25) is 0 Å². The minimum Gasteiger partial charge on any atom is -0.280 e. The first kappa shape index (κ1) is 12.7. The summed E-state index contributed by atoms with van der Waals surface area (Å²) >= 11 is 0. The van der Waals surface area contributed by atoms with Crippen molar-refractivity contribution in [2.45, 2.75) is 33.1 Å². The van der Waals surface area contributed by atoms with Gasteiger partial charge in [-0.3, -0.25) is 9.80 Å². The maximum atomic E-state index is 11.7. The van der Waals surface area contributed by atoms with Gasteiger partial charge in [-0.1, -0.05) is 32.9 Å². The van der Waals surface area contributed by atoms with Crippen molar-refractivity contribution in [3.05, 3.63) is 34.9 Å². The predicted molar refractivity (Wildman–Crippen MR) is 66.2 cm³/mol. The smallest absolute Gasteiger partial charge is 0.267 e. The number of hydrogen-bond acceptors (Lipinski definition) is 2. The lowest BCUT2D eigenvalue weighted by Gasteiger charge is -2.21. The highest BCUT2D eigenvalue weighted by Crippen LogP contribution is 2.24. The topological polar surface area (TPSA) is 46.3 Å². The van der Waals surface area contributed by atoms with E-state index in [0.29, 0.717) is 5.56 Å². The van der Waals surface area contributed by atoms with E-state index >= 15 is 0 Å². The Hall–Kier alpha value is -1.35. The first-order valence-electron chi connectivity index (χ1n) is 5.37. The predicted octanol–water partition coefficient (Wildman–Crippen LogP) is 2.24. The van der Waals surface area contributed by atoms with Gasteiger partial charge in [-0.15, -0.1) is 0 Å². The summed E-state index contributed by atoms with van der Waals surface area (Å²) in [5, 5.41) is 1.11. The number of hydrazine groups is 1. The molecule has 0 fully saturated rings. The summed E-state index contributed by atoms with van der Waals surface area (Å²) in [6.45, 7) is 8.39. The van der Waals surface area contributed by atoms with Crippen molar-refractivity contribution in [3.63, 3.8) is 0 Å². The summed E-state index contributed by atoms with van der Waals surface area (Å²) in [7, 11) is 1.56. The van der Waals surface area contributed by atoms with Gasteiger partial charge in [-0.05, 0) is 29.5 Å². The van der Waals surface area contributed by atoms with E-state index in [-0.39, 0.29) is 11.3 Å². The fourth-order valence-electron chi connectivity index (χ4n) is 1.56. The highest BCUT2D eigenvalue weighted by Gasteiger charge is 2.17. The van der Waals surface area contributed by atoms with Crippen molar-refractivity contribution in [1.29, 1.82) is 0 Å². The third-order valence-corrected chi connectivity index (χ3v) is 2.64. The molecule has 1 rings (SSSR count). The Morgan fingerprint density at radius 1 is 1.31 bits per heavy atom. The highest BCUT2D eigenvalue weighted by atomic mass is 16.2. The first-order valence-corrected chi connectivity index (χ1v) is 5.37. The van der Waals surface area contributed by atoms with Gasteiger partial charge in [0.1, 0.15) is 0 Å². The number of nitrogens with two attached hydrogens (primary N) is 1. The van der Waals surface area contributed by atoms with E-state index in [1.165, 1.54) is 5.56 Å². The van der Waals surface area contributed by atoms with Gasteiger partial charge in [0.15, 0.2) is 0 Å². The first-order chi connectivity index (χ1) is 7.23. The Labute approximate surface area is 97.2 Å². The lowest BCUT2D eigenvalue weighted by atomic mass is 9.85. The zero-order chi connectivity index (χ0) is 12.5. The molecular formula is C13H20N2O. The molecule has 88 valence electrons. The number of aryl methyl sites for hydroxylation is 1. The van der Waals surface area contributed by atoms with Crippen LogP contribution >= 0.6 is 0 Å². The Bertz CT molecular complexity index is 403. The van der Waals surface area contributed by atoms with Crippen LogP contribution in [0, 0.1) is 6.92 Å². The number of benzene rings is 1. The molecular weight excluding hydrogens is 200 g/mol. The summed E-state index contributed by atoms with van der Waals surface area (Å²) in [6, 6.07) is 5.89. The molecule has 0 radical (unpaired) electrons. The monoisotopic (exact) mass is 220 g/mol. The van der Waals surface area contributed by atoms with Gasteiger partial charge < -0.3 is 0 Å². The van der Waals surface area contributed by atoms with Gasteiger partial charge >= 0.3 is 0 Å². The average molecular weight is 220 g/mol. The molecule has 16 heavy (non-hydrogen) atoms. The molecule has 0 saturated heterocycles. The molecule has 0 aliphatic heterocycles. The van der Waals surface area contributed by atoms with Crippen molar-refractivity contribution >= 4 is 5.91 Å². The Morgan fingerprint density at radius 3 is 2.25 bits per heavy atom. The fourth-order valence-corrected chi connectivity index (χ4v) is 1.56. The Kier molecular flexibility index (Phi) is 3.38. The van der Waals surface area contributed by atoms with E-state index < -0.39 is 0 Å². The molecule has 1 amide bonds. The Morgan fingerprint density at radius 2 is 1.88 bits per heavy atom. The average Bonchev–Trinajstić information content (AvgIpc) is 2.15. The number of amides is 1. The van der Waals surface area contributed by atoms with Crippen molar-refractivity contribution in [2.75, 3.05) is 7.05 Å². The van der Waals surface area contributed by atoms with Gasteiger partial charge in [-0.2, -0.15) is 0 Å². The molecule has 0 aliphatic rings. The Balaban J connectivity index is 3.15. The van der Waals surface area contributed by atoms with Crippen LogP contribution in [-0.4, -0.2) is 18.0 Å². The van der Waals surface area contributed by atoms with Crippen LogP contribution in [0.1, 0.15) is 42.3 Å². The highest BCUT2D eigenvalue weighted by molar-refractivity contribution is 5.95. The van der Waals surface area contributed by atoms with Crippen molar-refractivity contribution < 1.29 is 4.79 Å². The number of carbonyl (C=O) groups is 1. The molecule has 3 nitrogen and oxygen atoms in total. The van der Waals surface area contributed by atoms with Gasteiger partial charge in [0.05, 0.1) is 0 Å². The lowest BCUT2D eigenvalue weighted by Crippen LogP contribution is -2.33. The van der Waals surface area contributed by atoms with Crippen LogP contribution in [0.4, 0.5) is 0 Å². The van der Waals surface area contributed by atoms with Crippen LogP contribution in [-0.2, 0) is 5.41 Å². The third-order valence-electron chi connectivity index (χ3n) is 2.64. The largest absolute Gasteiger partial charge is 0.280 e. The molecule has 0 aromatic heterocycles. The van der Waals surface area contributed by atoms with E-state index in [4.69, 9.17) is 5.84 Å². The number of rotatable bonds is 1. The van der Waals surface area contributed by atoms with E-state index in [2.05, 4.69) is 26.8 Å². The summed E-state index contributed by atoms with van der Waals surface area (Å²) in [6.07, 6.45) is 0. The molecule has 0 unspecified atom stereocenters. The molecule has 0 bridgehead atoms. The van der Waals surface area contributed by atoms with E-state index in [1.54, 1.807) is 7.05 Å². The van der Waals surface area contributed by atoms with Crippen LogP contribution in [0.15, 0.2) is 18.2 Å². The van der Waals surface area contributed by atoms with Crippen LogP contribution in [0.3, 0.4) is 0 Å². The molecule has 1 aromatic carbocycles. The maximum absolute atomic E-state index is 11.7. The van der Waals surface area contributed by atoms with Crippen LogP contribution < -0.4 is 5.84 Å². The maximum Gasteiger partial charge on any atom is 0.267 e. The third kappa shape index (κ3) is 2.61. The van der Waals surface area contributed by atoms with Gasteiger partial charge in [0, 0.05) is 12.6 Å². The number of hydrogen-bond donors (Lipinski definition) is 1. The SMILES string of the molecule is Cc1cc(C(C)(C)C)ccc1C(=O)N(C)N. The van der Waals surface area contributed by atoms with Gasteiger partial charge in [0.25, 0.3) is 5.91 Å². The van der Waals surface area contributed by atoms with E-state index in [1.807, 2.05) is 19.1 Å². The molecule has 0 atom stereocenters. The summed E-state index contributed by atoms with van der Waals surface area (Å²) < 4.78 is 0. The number of nitrogens with zero attached hydrogens (tertiary/aromatic N) is 1. The van der Waals surface area contributed by atoms with E-state index in [0.717, 1.165) is 10.6 Å². The minimum absolute atomic E-state index is 0.0982. The molecule has 0 heterocycles. The summed E-state index contributed by atoms with van der Waals surface area (Å²) in [4.78, 5) is 11.7. The molecule has 1 aromatic rings. The second kappa shape index (κ2) is 4.26. The van der Waals surface area contributed by atoms with Crippen LogP contribution in [0.25, 0.3) is 0 Å². The lowest BCUT2D eigenvalue weighted by molar-refractivity contribution is 0.0794. The molecule has 3 heteroatoms. The van der Waals surface area contributed by atoms with Crippen molar-refractivity contribution in [2.24, 2.45) is 5.84 Å². The molecule has 0 spiro atoms. The van der Waals surface area contributed by atoms with E-state index in [9.17, 15) is 4.79 Å². The quantitative estimate of drug-likeness (QED) is 0.448. The van der Waals surface area contributed by atoms with Crippen LogP contribution in [0.5, 0.6) is 0 Å². The minimum atomic E-state index is -0.155. The zero-order valence-electron chi connectivity index (χ0n) is 10.7. The second-order valence-corrected chi connectivity index (χ2v) is 5.20.